The molecule has 198 valence electrons. The molecule has 0 aliphatic carbocycles. The lowest BCUT2D eigenvalue weighted by molar-refractivity contribution is 0.444. The molecular formula is C26H19F3N6O3S. The van der Waals surface area contributed by atoms with Crippen molar-refractivity contribution in [1.29, 1.82) is 0 Å². The Bertz CT molecular complexity index is 1890. The fraction of sp³-hybridized carbons (Fsp3) is 0.115. The Kier molecular flexibility index (Phi) is 6.74. The summed E-state index contributed by atoms with van der Waals surface area (Å²) in [4.78, 5) is 50.9. The lowest BCUT2D eigenvalue weighted by atomic mass is 10.2. The number of nitrogens with one attached hydrogen (secondary N) is 2. The lowest BCUT2D eigenvalue weighted by Crippen LogP contribution is -2.41. The molecule has 0 spiro atoms. The number of benzene rings is 1. The second-order valence-corrected chi connectivity index (χ2v) is 9.89. The van der Waals surface area contributed by atoms with E-state index < -0.39 is 35.4 Å². The van der Waals surface area contributed by atoms with Crippen LogP contribution in [0, 0.1) is 31.3 Å². The van der Waals surface area contributed by atoms with Crippen LogP contribution in [-0.4, -0.2) is 24.1 Å². The third kappa shape index (κ3) is 5.03. The molecule has 1 aromatic carbocycles. The maximum atomic E-state index is 14.0. The van der Waals surface area contributed by atoms with Gasteiger partial charge in [0.1, 0.15) is 0 Å². The largest absolute Gasteiger partial charge is 0.359 e. The molecule has 0 aliphatic rings. The quantitative estimate of drug-likeness (QED) is 0.308. The molecule has 0 radical (unpaired) electrons. The summed E-state index contributed by atoms with van der Waals surface area (Å²) in [6.07, 6.45) is 4.35. The van der Waals surface area contributed by atoms with E-state index in [2.05, 4.69) is 20.3 Å². The van der Waals surface area contributed by atoms with Crippen LogP contribution in [0.2, 0.25) is 0 Å². The third-order valence-corrected chi connectivity index (χ3v) is 6.91. The number of hydrogen-bond acceptors (Lipinski definition) is 7. The molecule has 9 nitrogen and oxygen atoms in total. The summed E-state index contributed by atoms with van der Waals surface area (Å²) in [5, 5.41) is 2.94. The van der Waals surface area contributed by atoms with Gasteiger partial charge in [0.15, 0.2) is 17.5 Å². The summed E-state index contributed by atoms with van der Waals surface area (Å²) < 4.78 is 43.3. The molecule has 0 fully saturated rings. The van der Waals surface area contributed by atoms with Crippen LogP contribution in [0.25, 0.3) is 16.1 Å². The minimum Gasteiger partial charge on any atom is -0.329 e. The first-order valence-electron chi connectivity index (χ1n) is 11.5. The summed E-state index contributed by atoms with van der Waals surface area (Å²) in [6, 6.07) is 8.06. The van der Waals surface area contributed by atoms with Crippen LogP contribution in [0.1, 0.15) is 16.0 Å². The van der Waals surface area contributed by atoms with Crippen molar-refractivity contribution in [3.8, 4) is 16.1 Å². The Morgan fingerprint density at radius 1 is 1.03 bits per heavy atom. The van der Waals surface area contributed by atoms with E-state index in [4.69, 9.17) is 0 Å². The van der Waals surface area contributed by atoms with E-state index in [9.17, 15) is 27.6 Å². The summed E-state index contributed by atoms with van der Waals surface area (Å²) in [6.45, 7) is 3.04. The number of aromatic nitrogens is 5. The highest BCUT2D eigenvalue weighted by molar-refractivity contribution is 7.16. The Balaban J connectivity index is 1.66. The zero-order valence-corrected chi connectivity index (χ0v) is 21.3. The van der Waals surface area contributed by atoms with E-state index >= 15 is 0 Å². The van der Waals surface area contributed by atoms with Crippen LogP contribution in [0.5, 0.6) is 0 Å². The number of thiophene rings is 1. The van der Waals surface area contributed by atoms with Crippen LogP contribution >= 0.6 is 11.3 Å². The number of aromatic amines is 1. The fourth-order valence-electron chi connectivity index (χ4n) is 3.97. The highest BCUT2D eigenvalue weighted by Crippen LogP contribution is 2.34. The lowest BCUT2D eigenvalue weighted by Gasteiger charge is -2.16. The number of aryl methyl sites for hydroxylation is 2. The number of nitrogens with zero attached hydrogens (tertiary/aromatic N) is 4. The molecule has 5 rings (SSSR count). The van der Waals surface area contributed by atoms with Gasteiger partial charge in [-0.05, 0) is 61.4 Å². The molecule has 5 aromatic rings. The van der Waals surface area contributed by atoms with Gasteiger partial charge in [-0.25, -0.2) is 27.3 Å². The van der Waals surface area contributed by atoms with Gasteiger partial charge in [0.05, 0.1) is 29.7 Å². The maximum absolute atomic E-state index is 14.0. The number of H-pyrrole nitrogens is 1. The third-order valence-electron chi connectivity index (χ3n) is 5.82. The average molecular weight is 553 g/mol. The predicted octanol–water partition coefficient (Wildman–Crippen LogP) is 4.03. The maximum Gasteiger partial charge on any atom is 0.359 e. The van der Waals surface area contributed by atoms with Crippen LogP contribution in [-0.2, 0) is 6.54 Å². The molecule has 13 heteroatoms. The Labute approximate surface area is 221 Å². The minimum atomic E-state index is -1.64. The molecule has 4 aromatic heterocycles. The van der Waals surface area contributed by atoms with E-state index in [1.54, 1.807) is 38.1 Å². The number of halogens is 3. The molecule has 2 N–H and O–H groups in total. The van der Waals surface area contributed by atoms with Crippen LogP contribution in [0.15, 0.2) is 69.4 Å². The number of anilines is 2. The van der Waals surface area contributed by atoms with E-state index in [-0.39, 0.29) is 22.8 Å². The second kappa shape index (κ2) is 10.2. The number of pyridine rings is 2. The van der Waals surface area contributed by atoms with E-state index in [1.165, 1.54) is 29.9 Å². The van der Waals surface area contributed by atoms with Gasteiger partial charge in [-0.3, -0.25) is 14.3 Å². The second-order valence-electron chi connectivity index (χ2n) is 8.63. The zero-order chi connectivity index (χ0) is 27.8. The monoisotopic (exact) mass is 552 g/mol. The van der Waals surface area contributed by atoms with Crippen molar-refractivity contribution >= 4 is 23.0 Å². The molecule has 0 amide bonds. The first-order valence-corrected chi connectivity index (χ1v) is 12.3. The fourth-order valence-corrected chi connectivity index (χ4v) is 4.97. The van der Waals surface area contributed by atoms with Gasteiger partial charge < -0.3 is 10.3 Å². The van der Waals surface area contributed by atoms with Gasteiger partial charge in [0, 0.05) is 22.1 Å². The number of rotatable bonds is 6. The predicted molar refractivity (Wildman–Crippen MR) is 140 cm³/mol. The van der Waals surface area contributed by atoms with Crippen LogP contribution in [0.3, 0.4) is 0 Å². The van der Waals surface area contributed by atoms with Crippen molar-refractivity contribution in [3.05, 3.63) is 120 Å². The number of hydrogen-bond donors (Lipinski definition) is 2. The van der Waals surface area contributed by atoms with E-state index in [0.717, 1.165) is 21.3 Å². The van der Waals surface area contributed by atoms with Gasteiger partial charge in [0.2, 0.25) is 5.95 Å². The Hall–Kier alpha value is -4.78. The van der Waals surface area contributed by atoms with Crippen molar-refractivity contribution in [2.24, 2.45) is 0 Å². The van der Waals surface area contributed by atoms with E-state index in [1.807, 2.05) is 0 Å². The first-order chi connectivity index (χ1) is 18.6. The van der Waals surface area contributed by atoms with Gasteiger partial charge in [-0.2, -0.15) is 4.98 Å². The van der Waals surface area contributed by atoms with Crippen LogP contribution < -0.4 is 22.3 Å². The van der Waals surface area contributed by atoms with Crippen molar-refractivity contribution < 1.29 is 13.2 Å². The van der Waals surface area contributed by atoms with Crippen molar-refractivity contribution in [2.45, 2.75) is 20.4 Å². The molecule has 0 unspecified atom stereocenters. The summed E-state index contributed by atoms with van der Waals surface area (Å²) >= 11 is 1.30. The highest BCUT2D eigenvalue weighted by atomic mass is 32.1. The van der Waals surface area contributed by atoms with E-state index in [0.29, 0.717) is 26.6 Å². The smallest absolute Gasteiger partial charge is 0.329 e. The average Bonchev–Trinajstić information content (AvgIpc) is 3.24. The molecule has 0 saturated heterocycles. The van der Waals surface area contributed by atoms with Gasteiger partial charge in [-0.1, -0.05) is 0 Å². The standard InChI is InChI=1S/C26H19F3N6O3S/c1-13-6-16(11-30-10-13)35-25(37)33-24(34(26(35)38)12-15-7-18(27)22(29)19(28)8-15)32-20-9-21(39-14(20)2)17-4-3-5-31-23(17)36/h3-11H,12H2,1-2H3,(H,31,36)(H,32,33,37). The Morgan fingerprint density at radius 2 is 1.77 bits per heavy atom. The Morgan fingerprint density at radius 3 is 2.46 bits per heavy atom. The highest BCUT2D eigenvalue weighted by Gasteiger charge is 2.19. The normalized spacial score (nSPS) is 11.1. The van der Waals surface area contributed by atoms with Gasteiger partial charge >= 0.3 is 11.4 Å². The summed E-state index contributed by atoms with van der Waals surface area (Å²) in [5.41, 5.74) is -0.482. The summed E-state index contributed by atoms with van der Waals surface area (Å²) in [5.74, 6) is -4.72. The van der Waals surface area contributed by atoms with Gasteiger partial charge in [0.25, 0.3) is 5.56 Å². The molecule has 39 heavy (non-hydrogen) atoms. The first kappa shape index (κ1) is 25.9. The molecule has 0 saturated carbocycles. The minimum absolute atomic E-state index is 0.0792. The van der Waals surface area contributed by atoms with Crippen molar-refractivity contribution in [2.75, 3.05) is 5.32 Å². The van der Waals surface area contributed by atoms with Gasteiger partial charge in [-0.15, -0.1) is 11.3 Å². The van der Waals surface area contributed by atoms with Crippen molar-refractivity contribution in [1.82, 2.24) is 24.1 Å². The molecule has 0 aliphatic heterocycles. The summed E-state index contributed by atoms with van der Waals surface area (Å²) in [7, 11) is 0. The van der Waals surface area contributed by atoms with Crippen LogP contribution in [0.4, 0.5) is 24.8 Å². The molecule has 0 atom stereocenters. The van der Waals surface area contributed by atoms with Crippen molar-refractivity contribution in [3.63, 3.8) is 0 Å². The zero-order valence-electron chi connectivity index (χ0n) is 20.5. The topological polar surface area (TPSA) is 115 Å². The SMILES string of the molecule is Cc1cncc(-n2c(=O)nc(Nc3cc(-c4ccc[nH]c4=O)sc3C)n(Cc3cc(F)c(F)c(F)c3)c2=O)c1. The molecular weight excluding hydrogens is 533 g/mol. The molecule has 0 bridgehead atoms. The molecule has 4 heterocycles.